The highest BCUT2D eigenvalue weighted by Gasteiger charge is 2.25. The first-order valence-electron chi connectivity index (χ1n) is 7.66. The van der Waals surface area contributed by atoms with Gasteiger partial charge in [-0.2, -0.15) is 0 Å². The summed E-state index contributed by atoms with van der Waals surface area (Å²) in [5, 5.41) is 1.11. The van der Waals surface area contributed by atoms with E-state index in [-0.39, 0.29) is 0 Å². The molecule has 3 aromatic rings. The molecular weight excluding hydrogens is 288 g/mol. The molecule has 1 unspecified atom stereocenters. The lowest BCUT2D eigenvalue weighted by Gasteiger charge is -2.23. The third kappa shape index (κ3) is 2.42. The van der Waals surface area contributed by atoms with E-state index >= 15 is 0 Å². The summed E-state index contributed by atoms with van der Waals surface area (Å²) in [7, 11) is 0. The molecule has 22 heavy (non-hydrogen) atoms. The fourth-order valence-corrected chi connectivity index (χ4v) is 4.05. The minimum absolute atomic E-state index is 0.555. The van der Waals surface area contributed by atoms with Crippen LogP contribution in [0.4, 0.5) is 5.69 Å². The van der Waals surface area contributed by atoms with E-state index in [0.717, 1.165) is 18.0 Å². The van der Waals surface area contributed by atoms with Gasteiger partial charge in [-0.3, -0.25) is 0 Å². The van der Waals surface area contributed by atoms with Gasteiger partial charge in [-0.1, -0.05) is 48.5 Å². The molecule has 2 nitrogen and oxygen atoms in total. The van der Waals surface area contributed by atoms with Crippen LogP contribution in [0.3, 0.4) is 0 Å². The van der Waals surface area contributed by atoms with Crippen molar-refractivity contribution in [3.8, 4) is 10.6 Å². The molecule has 1 atom stereocenters. The molecule has 1 aliphatic rings. The minimum Gasteiger partial charge on any atom is -0.363 e. The van der Waals surface area contributed by atoms with Gasteiger partial charge in [0.25, 0.3) is 0 Å². The van der Waals surface area contributed by atoms with Crippen molar-refractivity contribution in [1.82, 2.24) is 4.98 Å². The molecule has 2 heterocycles. The molecule has 0 radical (unpaired) electrons. The van der Waals surface area contributed by atoms with Gasteiger partial charge in [0.1, 0.15) is 5.01 Å². The Morgan fingerprint density at radius 2 is 1.86 bits per heavy atom. The number of anilines is 1. The smallest absolute Gasteiger partial charge is 0.123 e. The first-order valence-corrected chi connectivity index (χ1v) is 8.47. The quantitative estimate of drug-likeness (QED) is 0.693. The van der Waals surface area contributed by atoms with E-state index in [1.807, 2.05) is 12.3 Å². The molecule has 0 N–H and O–H groups in total. The average Bonchev–Trinajstić information content (AvgIpc) is 3.14. The standard InChI is InChI=1S/C19H18N2S/c1-14-11-16-9-5-6-10-18(16)21(14)13-17-12-20-19(22-17)15-7-3-2-4-8-15/h2-10,12,14H,11,13H2,1H3. The van der Waals surface area contributed by atoms with E-state index in [1.54, 1.807) is 11.3 Å². The zero-order valence-electron chi connectivity index (χ0n) is 12.6. The van der Waals surface area contributed by atoms with Gasteiger partial charge in [-0.05, 0) is 25.0 Å². The minimum atomic E-state index is 0.555. The lowest BCUT2D eigenvalue weighted by molar-refractivity contribution is 0.676. The van der Waals surface area contributed by atoms with Crippen molar-refractivity contribution in [2.45, 2.75) is 25.9 Å². The SMILES string of the molecule is CC1Cc2ccccc2N1Cc1cnc(-c2ccccc2)s1. The highest BCUT2D eigenvalue weighted by molar-refractivity contribution is 7.15. The van der Waals surface area contributed by atoms with Gasteiger partial charge in [-0.25, -0.2) is 4.98 Å². The van der Waals surface area contributed by atoms with Crippen LogP contribution in [0.1, 0.15) is 17.4 Å². The zero-order valence-corrected chi connectivity index (χ0v) is 13.4. The van der Waals surface area contributed by atoms with Crippen molar-refractivity contribution in [3.63, 3.8) is 0 Å². The van der Waals surface area contributed by atoms with E-state index in [2.05, 4.69) is 65.3 Å². The maximum Gasteiger partial charge on any atom is 0.123 e. The predicted molar refractivity (Wildman–Crippen MR) is 93.3 cm³/mol. The fraction of sp³-hybridized carbons (Fsp3) is 0.211. The summed E-state index contributed by atoms with van der Waals surface area (Å²) in [6, 6.07) is 19.7. The molecule has 0 aliphatic carbocycles. The summed E-state index contributed by atoms with van der Waals surface area (Å²) in [6.07, 6.45) is 3.17. The molecule has 0 fully saturated rings. The Bertz CT molecular complexity index is 779. The number of benzene rings is 2. The van der Waals surface area contributed by atoms with Crippen LogP contribution in [0, 0.1) is 0 Å². The number of aromatic nitrogens is 1. The lowest BCUT2D eigenvalue weighted by atomic mass is 10.1. The first-order chi connectivity index (χ1) is 10.8. The van der Waals surface area contributed by atoms with Gasteiger partial charge in [0.2, 0.25) is 0 Å². The summed E-state index contributed by atoms with van der Waals surface area (Å²) in [5.74, 6) is 0. The summed E-state index contributed by atoms with van der Waals surface area (Å²) in [5.41, 5.74) is 4.04. The normalized spacial score (nSPS) is 16.8. The Labute approximate surface area is 135 Å². The number of hydrogen-bond donors (Lipinski definition) is 0. The summed E-state index contributed by atoms with van der Waals surface area (Å²) in [4.78, 5) is 8.42. The second-order valence-electron chi connectivity index (χ2n) is 5.81. The van der Waals surface area contributed by atoms with Crippen molar-refractivity contribution < 1.29 is 0 Å². The van der Waals surface area contributed by atoms with Crippen LogP contribution in [-0.4, -0.2) is 11.0 Å². The number of nitrogens with zero attached hydrogens (tertiary/aromatic N) is 2. The van der Waals surface area contributed by atoms with Crippen molar-refractivity contribution in [3.05, 3.63) is 71.2 Å². The second kappa shape index (κ2) is 5.58. The average molecular weight is 306 g/mol. The topological polar surface area (TPSA) is 16.1 Å². The van der Waals surface area contributed by atoms with Gasteiger partial charge in [0.05, 0.1) is 6.54 Å². The fourth-order valence-electron chi connectivity index (χ4n) is 3.13. The van der Waals surface area contributed by atoms with Crippen LogP contribution in [0.25, 0.3) is 10.6 Å². The van der Waals surface area contributed by atoms with Crippen molar-refractivity contribution in [1.29, 1.82) is 0 Å². The number of hydrogen-bond acceptors (Lipinski definition) is 3. The number of fused-ring (bicyclic) bond motifs is 1. The van der Waals surface area contributed by atoms with Gasteiger partial charge in [0, 0.05) is 28.4 Å². The molecule has 2 aromatic carbocycles. The molecule has 1 aliphatic heterocycles. The van der Waals surface area contributed by atoms with Gasteiger partial charge in [-0.15, -0.1) is 11.3 Å². The van der Waals surface area contributed by atoms with Crippen LogP contribution in [-0.2, 0) is 13.0 Å². The van der Waals surface area contributed by atoms with Crippen LogP contribution < -0.4 is 4.90 Å². The highest BCUT2D eigenvalue weighted by atomic mass is 32.1. The first kappa shape index (κ1) is 13.5. The Morgan fingerprint density at radius 1 is 1.09 bits per heavy atom. The van der Waals surface area contributed by atoms with Crippen molar-refractivity contribution in [2.75, 3.05) is 4.90 Å². The third-order valence-corrected chi connectivity index (χ3v) is 5.28. The summed E-state index contributed by atoms with van der Waals surface area (Å²) >= 11 is 1.80. The van der Waals surface area contributed by atoms with E-state index < -0.39 is 0 Å². The molecule has 0 spiro atoms. The van der Waals surface area contributed by atoms with E-state index in [0.29, 0.717) is 6.04 Å². The molecular formula is C19H18N2S. The van der Waals surface area contributed by atoms with Gasteiger partial charge < -0.3 is 4.90 Å². The number of rotatable bonds is 3. The van der Waals surface area contributed by atoms with E-state index in [4.69, 9.17) is 0 Å². The Hall–Kier alpha value is -2.13. The molecule has 110 valence electrons. The largest absolute Gasteiger partial charge is 0.363 e. The van der Waals surface area contributed by atoms with Gasteiger partial charge >= 0.3 is 0 Å². The molecule has 1 aromatic heterocycles. The molecule has 3 heteroatoms. The highest BCUT2D eigenvalue weighted by Crippen LogP contribution is 2.34. The van der Waals surface area contributed by atoms with Crippen LogP contribution in [0.5, 0.6) is 0 Å². The second-order valence-corrected chi connectivity index (χ2v) is 6.92. The number of thiazole rings is 1. The van der Waals surface area contributed by atoms with Crippen molar-refractivity contribution >= 4 is 17.0 Å². The Balaban J connectivity index is 1.59. The lowest BCUT2D eigenvalue weighted by Crippen LogP contribution is -2.28. The summed E-state index contributed by atoms with van der Waals surface area (Å²) < 4.78 is 0. The van der Waals surface area contributed by atoms with Crippen LogP contribution in [0.15, 0.2) is 60.8 Å². The van der Waals surface area contributed by atoms with Crippen LogP contribution >= 0.6 is 11.3 Å². The van der Waals surface area contributed by atoms with Crippen LogP contribution in [0.2, 0.25) is 0 Å². The van der Waals surface area contributed by atoms with E-state index in [9.17, 15) is 0 Å². The maximum absolute atomic E-state index is 4.60. The van der Waals surface area contributed by atoms with Crippen molar-refractivity contribution in [2.24, 2.45) is 0 Å². The number of para-hydroxylation sites is 1. The predicted octanol–water partition coefficient (Wildman–Crippen LogP) is 4.76. The zero-order chi connectivity index (χ0) is 14.9. The molecule has 0 saturated heterocycles. The molecule has 0 saturated carbocycles. The molecule has 4 rings (SSSR count). The maximum atomic E-state index is 4.60. The third-order valence-electron chi connectivity index (χ3n) is 4.25. The molecule has 0 amide bonds. The Morgan fingerprint density at radius 3 is 2.73 bits per heavy atom. The Kier molecular flexibility index (Phi) is 3.43. The van der Waals surface area contributed by atoms with E-state index in [1.165, 1.54) is 21.7 Å². The summed E-state index contributed by atoms with van der Waals surface area (Å²) in [6.45, 7) is 3.25. The van der Waals surface area contributed by atoms with Gasteiger partial charge in [0.15, 0.2) is 0 Å². The monoisotopic (exact) mass is 306 g/mol. The molecule has 0 bridgehead atoms.